The Balaban J connectivity index is 1.41. The van der Waals surface area contributed by atoms with Crippen molar-refractivity contribution in [3.63, 3.8) is 0 Å². The second kappa shape index (κ2) is 10.6. The molecule has 44 heavy (non-hydrogen) atoms. The lowest BCUT2D eigenvalue weighted by Crippen LogP contribution is -2.58. The zero-order chi connectivity index (χ0) is 29.9. The number of benzene rings is 6. The summed E-state index contributed by atoms with van der Waals surface area (Å²) in [5.74, 6) is 0. The highest BCUT2D eigenvalue weighted by Gasteiger charge is 2.39. The van der Waals surface area contributed by atoms with Gasteiger partial charge in [-0.15, -0.1) is 0 Å². The number of fused-ring (bicyclic) bond motifs is 3. The van der Waals surface area contributed by atoms with E-state index in [1.165, 1.54) is 108 Å². The fourth-order valence-corrected chi connectivity index (χ4v) is 8.21. The Kier molecular flexibility index (Phi) is 6.52. The number of hydrogen-bond acceptors (Lipinski definition) is 2. The van der Waals surface area contributed by atoms with Crippen LogP contribution in [0.1, 0.15) is 54.0 Å². The molecule has 216 valence electrons. The van der Waals surface area contributed by atoms with E-state index in [1.54, 1.807) is 0 Å². The van der Waals surface area contributed by atoms with Crippen molar-refractivity contribution in [2.24, 2.45) is 0 Å². The molecule has 3 heteroatoms. The number of nitrogens with zero attached hydrogens (tertiary/aromatic N) is 1. The molecule has 0 saturated carbocycles. The van der Waals surface area contributed by atoms with Crippen LogP contribution in [0.5, 0.6) is 0 Å². The molecule has 8 rings (SSSR count). The number of aryl methyl sites for hydroxylation is 1. The highest BCUT2D eigenvalue weighted by atomic mass is 15.2. The van der Waals surface area contributed by atoms with Crippen LogP contribution in [0, 0.1) is 20.8 Å². The molecule has 0 unspecified atom stereocenters. The highest BCUT2D eigenvalue weighted by Crippen LogP contribution is 2.51. The van der Waals surface area contributed by atoms with Gasteiger partial charge < -0.3 is 10.0 Å². The zero-order valence-electron chi connectivity index (χ0n) is 26.3. The molecule has 2 nitrogen and oxygen atoms in total. The van der Waals surface area contributed by atoms with Crippen LogP contribution in [0.4, 0.5) is 11.4 Å². The molecule has 0 fully saturated rings. The third-order valence-electron chi connectivity index (χ3n) is 10.1. The first-order valence-electron chi connectivity index (χ1n) is 16.3. The molecule has 0 radical (unpaired) electrons. The van der Waals surface area contributed by atoms with Crippen LogP contribution in [0.3, 0.4) is 0 Å². The first kappa shape index (κ1) is 27.1. The molecular formula is C41H39BN2. The van der Waals surface area contributed by atoms with Gasteiger partial charge in [0.25, 0.3) is 0 Å². The second-order valence-electron chi connectivity index (χ2n) is 12.9. The van der Waals surface area contributed by atoms with Crippen molar-refractivity contribution in [3.05, 3.63) is 125 Å². The van der Waals surface area contributed by atoms with Gasteiger partial charge in [-0.3, -0.25) is 0 Å². The third kappa shape index (κ3) is 4.09. The van der Waals surface area contributed by atoms with Crippen molar-refractivity contribution < 1.29 is 0 Å². The topological polar surface area (TPSA) is 15.3 Å². The molecule has 1 aliphatic carbocycles. The molecule has 0 saturated heterocycles. The monoisotopic (exact) mass is 570 g/mol. The van der Waals surface area contributed by atoms with Crippen molar-refractivity contribution in [3.8, 4) is 22.3 Å². The van der Waals surface area contributed by atoms with Gasteiger partial charge in [-0.25, -0.2) is 0 Å². The molecule has 0 bridgehead atoms. The maximum atomic E-state index is 4.13. The summed E-state index contributed by atoms with van der Waals surface area (Å²) in [6.45, 7) is 10.2. The first-order valence-corrected chi connectivity index (χ1v) is 16.3. The predicted octanol–water partition coefficient (Wildman–Crippen LogP) is 10.1. The standard InChI is InChI=1S/C41H39BN2/c1-5-6-8-19-32-27(3)37-33-20-11-16-30-17-12-21-34(39(30)33)38(37)28(4)41(32)42-43-35-22-13-18-31-23-26(2)24-36(40(31)35)44(42)25-29-14-9-7-10-15-29/h7,9-18,20-24,43H,5-6,8,19,25H2,1-4H3. The zero-order valence-corrected chi connectivity index (χ0v) is 26.3. The largest absolute Gasteiger partial charge is 0.409 e. The van der Waals surface area contributed by atoms with Crippen molar-refractivity contribution in [1.82, 2.24) is 0 Å². The van der Waals surface area contributed by atoms with Gasteiger partial charge in [-0.05, 0) is 117 Å². The molecule has 1 N–H and O–H groups in total. The van der Waals surface area contributed by atoms with E-state index in [2.05, 4.69) is 135 Å². The fraction of sp³-hybridized carbons (Fsp3) is 0.220. The number of nitrogens with one attached hydrogen (secondary N) is 1. The number of unbranched alkanes of at least 4 members (excludes halogenated alkanes) is 2. The Morgan fingerprint density at radius 1 is 0.682 bits per heavy atom. The lowest BCUT2D eigenvalue weighted by atomic mass is 9.58. The molecule has 0 spiro atoms. The van der Waals surface area contributed by atoms with E-state index in [1.807, 2.05) is 0 Å². The van der Waals surface area contributed by atoms with Crippen molar-refractivity contribution in [2.75, 3.05) is 10.0 Å². The minimum atomic E-state index is 0.0126. The molecule has 0 atom stereocenters. The van der Waals surface area contributed by atoms with Crippen LogP contribution < -0.4 is 15.5 Å². The minimum absolute atomic E-state index is 0.0126. The Bertz CT molecular complexity index is 2070. The van der Waals surface area contributed by atoms with E-state index in [4.69, 9.17) is 0 Å². The summed E-state index contributed by atoms with van der Waals surface area (Å²) in [6, 6.07) is 36.2. The summed E-state index contributed by atoms with van der Waals surface area (Å²) in [7, 11) is 0. The quantitative estimate of drug-likeness (QED) is 0.152. The SMILES string of the molecule is CCCCCc1c(C)c2c(c(C)c1B1Nc3cccc4cc(C)cc(c34)N1Cc1ccccc1)-c1cccc3cccc-2c13. The molecule has 6 aromatic rings. The van der Waals surface area contributed by atoms with Crippen LogP contribution in [0.25, 0.3) is 43.8 Å². The summed E-state index contributed by atoms with van der Waals surface area (Å²) in [5, 5.41) is 9.50. The van der Waals surface area contributed by atoms with Gasteiger partial charge in [0, 0.05) is 23.3 Å². The Labute approximate surface area is 261 Å². The smallest absolute Gasteiger partial charge is 0.405 e. The van der Waals surface area contributed by atoms with Gasteiger partial charge in [-0.1, -0.05) is 105 Å². The summed E-state index contributed by atoms with van der Waals surface area (Å²) in [5.41, 5.74) is 16.7. The van der Waals surface area contributed by atoms with Crippen LogP contribution in [-0.4, -0.2) is 6.98 Å². The lowest BCUT2D eigenvalue weighted by molar-refractivity contribution is 0.717. The van der Waals surface area contributed by atoms with Crippen LogP contribution in [-0.2, 0) is 13.0 Å². The lowest BCUT2D eigenvalue weighted by Gasteiger charge is -2.40. The van der Waals surface area contributed by atoms with Gasteiger partial charge in [0.05, 0.1) is 0 Å². The molecule has 6 aromatic carbocycles. The van der Waals surface area contributed by atoms with Crippen molar-refractivity contribution >= 4 is 45.4 Å². The molecular weight excluding hydrogens is 531 g/mol. The summed E-state index contributed by atoms with van der Waals surface area (Å²) in [4.78, 5) is 2.65. The maximum Gasteiger partial charge on any atom is 0.409 e. The van der Waals surface area contributed by atoms with Gasteiger partial charge >= 0.3 is 6.98 Å². The van der Waals surface area contributed by atoms with E-state index in [0.717, 1.165) is 13.0 Å². The normalized spacial score (nSPS) is 13.1. The van der Waals surface area contributed by atoms with Gasteiger partial charge in [0.2, 0.25) is 0 Å². The fourth-order valence-electron chi connectivity index (χ4n) is 8.21. The average Bonchev–Trinajstić information content (AvgIpc) is 3.38. The Morgan fingerprint density at radius 2 is 1.39 bits per heavy atom. The van der Waals surface area contributed by atoms with Crippen molar-refractivity contribution in [2.45, 2.75) is 59.9 Å². The van der Waals surface area contributed by atoms with Gasteiger partial charge in [-0.2, -0.15) is 0 Å². The van der Waals surface area contributed by atoms with Crippen LogP contribution in [0.15, 0.2) is 97.1 Å². The van der Waals surface area contributed by atoms with E-state index in [-0.39, 0.29) is 6.98 Å². The number of hydrogen-bond donors (Lipinski definition) is 1. The van der Waals surface area contributed by atoms with E-state index in [9.17, 15) is 0 Å². The van der Waals surface area contributed by atoms with Gasteiger partial charge in [0.15, 0.2) is 0 Å². The van der Waals surface area contributed by atoms with Crippen LogP contribution in [0.2, 0.25) is 0 Å². The number of anilines is 2. The molecule has 0 amide bonds. The summed E-state index contributed by atoms with van der Waals surface area (Å²) >= 11 is 0. The van der Waals surface area contributed by atoms with E-state index < -0.39 is 0 Å². The Morgan fingerprint density at radius 3 is 2.14 bits per heavy atom. The summed E-state index contributed by atoms with van der Waals surface area (Å²) < 4.78 is 0. The second-order valence-corrected chi connectivity index (χ2v) is 12.9. The minimum Gasteiger partial charge on any atom is -0.405 e. The molecule has 1 heterocycles. The average molecular weight is 571 g/mol. The summed E-state index contributed by atoms with van der Waals surface area (Å²) in [6.07, 6.45) is 4.77. The van der Waals surface area contributed by atoms with E-state index >= 15 is 0 Å². The Hall–Kier alpha value is -4.50. The third-order valence-corrected chi connectivity index (χ3v) is 10.1. The molecule has 0 aromatic heterocycles. The molecule has 2 aliphatic rings. The van der Waals surface area contributed by atoms with E-state index in [0.29, 0.717) is 0 Å². The van der Waals surface area contributed by atoms with Crippen LogP contribution >= 0.6 is 0 Å². The first-order chi connectivity index (χ1) is 21.5. The highest BCUT2D eigenvalue weighted by molar-refractivity contribution is 6.81. The molecule has 1 aliphatic heterocycles. The predicted molar refractivity (Wildman–Crippen MR) is 191 cm³/mol. The van der Waals surface area contributed by atoms with Crippen molar-refractivity contribution in [1.29, 1.82) is 0 Å². The maximum absolute atomic E-state index is 4.13. The van der Waals surface area contributed by atoms with Gasteiger partial charge in [0.1, 0.15) is 0 Å². The number of rotatable bonds is 7.